The van der Waals surface area contributed by atoms with Crippen molar-refractivity contribution in [3.05, 3.63) is 30.2 Å². The maximum Gasteiger partial charge on any atom is 0.223 e. The molecule has 0 atom stereocenters. The molecule has 0 spiro atoms. The Balaban J connectivity index is 1.44. The van der Waals surface area contributed by atoms with Crippen molar-refractivity contribution < 1.29 is 9.53 Å². The summed E-state index contributed by atoms with van der Waals surface area (Å²) in [7, 11) is 1.65. The van der Waals surface area contributed by atoms with E-state index in [1.807, 2.05) is 28.9 Å². The highest BCUT2D eigenvalue weighted by Gasteiger charge is 2.25. The van der Waals surface area contributed by atoms with E-state index in [1.165, 1.54) is 32.1 Å². The van der Waals surface area contributed by atoms with Crippen LogP contribution in [0.3, 0.4) is 0 Å². The van der Waals surface area contributed by atoms with Gasteiger partial charge < -0.3 is 14.5 Å². The van der Waals surface area contributed by atoms with Gasteiger partial charge >= 0.3 is 0 Å². The van der Waals surface area contributed by atoms with Gasteiger partial charge in [-0.15, -0.1) is 0 Å². The second-order valence-electron chi connectivity index (χ2n) is 7.44. The van der Waals surface area contributed by atoms with Gasteiger partial charge in [0.1, 0.15) is 0 Å². The predicted molar refractivity (Wildman–Crippen MR) is 103 cm³/mol. The van der Waals surface area contributed by atoms with Crippen LogP contribution in [0, 0.1) is 11.8 Å². The molecule has 0 bridgehead atoms. The van der Waals surface area contributed by atoms with Crippen molar-refractivity contribution in [3.8, 4) is 5.75 Å². The zero-order chi connectivity index (χ0) is 18.4. The minimum Gasteiger partial charge on any atom is -0.493 e. The highest BCUT2D eigenvalue weighted by molar-refractivity contribution is 5.78. The van der Waals surface area contributed by atoms with Crippen molar-refractivity contribution in [1.82, 2.24) is 14.7 Å². The zero-order valence-electron chi connectivity index (χ0n) is 16.0. The number of hydrogen-bond acceptors (Lipinski definition) is 3. The van der Waals surface area contributed by atoms with Gasteiger partial charge in [0.05, 0.1) is 12.8 Å². The first-order valence-electron chi connectivity index (χ1n) is 9.99. The van der Waals surface area contributed by atoms with E-state index in [9.17, 15) is 4.79 Å². The summed E-state index contributed by atoms with van der Waals surface area (Å²) in [5.41, 5.74) is 1.79. The van der Waals surface area contributed by atoms with E-state index < -0.39 is 0 Å². The fourth-order valence-electron chi connectivity index (χ4n) is 3.98. The van der Waals surface area contributed by atoms with Crippen LogP contribution in [0.15, 0.2) is 24.5 Å². The van der Waals surface area contributed by atoms with Crippen LogP contribution < -0.4 is 10.1 Å². The molecule has 1 aliphatic carbocycles. The molecule has 2 aromatic rings. The Hall–Kier alpha value is -2.04. The van der Waals surface area contributed by atoms with E-state index >= 15 is 0 Å². The van der Waals surface area contributed by atoms with E-state index in [0.29, 0.717) is 6.54 Å². The van der Waals surface area contributed by atoms with Crippen LogP contribution in [0.5, 0.6) is 5.75 Å². The summed E-state index contributed by atoms with van der Waals surface area (Å²) in [4.78, 5) is 17.0. The first-order valence-corrected chi connectivity index (χ1v) is 9.99. The number of carbonyl (C=O) groups excluding carboxylic acids is 1. The summed E-state index contributed by atoms with van der Waals surface area (Å²) in [5.74, 6) is 2.03. The van der Waals surface area contributed by atoms with Gasteiger partial charge in [0.25, 0.3) is 0 Å². The van der Waals surface area contributed by atoms with Gasteiger partial charge in [0.2, 0.25) is 5.91 Å². The van der Waals surface area contributed by atoms with Gasteiger partial charge in [0.15, 0.2) is 11.4 Å². The van der Waals surface area contributed by atoms with Crippen LogP contribution in [0.2, 0.25) is 0 Å². The number of fused-ring (bicyclic) bond motifs is 1. The number of nitrogens with zero attached hydrogens (tertiary/aromatic N) is 2. The lowest BCUT2D eigenvalue weighted by Crippen LogP contribution is -2.34. The molecule has 3 rings (SSSR count). The van der Waals surface area contributed by atoms with Crippen LogP contribution in [0.1, 0.15) is 57.6 Å². The molecule has 5 nitrogen and oxygen atoms in total. The van der Waals surface area contributed by atoms with Crippen molar-refractivity contribution in [2.75, 3.05) is 13.7 Å². The molecule has 5 heteroatoms. The summed E-state index contributed by atoms with van der Waals surface area (Å²) in [5, 5.41) is 3.11. The molecule has 0 aliphatic heterocycles. The summed E-state index contributed by atoms with van der Waals surface area (Å²) >= 11 is 0. The molecule has 1 amide bonds. The quantitative estimate of drug-likeness (QED) is 0.777. The second-order valence-corrected chi connectivity index (χ2v) is 7.44. The molecule has 1 saturated carbocycles. The highest BCUT2D eigenvalue weighted by atomic mass is 16.5. The summed E-state index contributed by atoms with van der Waals surface area (Å²) in [6.07, 6.45) is 13.2. The fourth-order valence-corrected chi connectivity index (χ4v) is 3.98. The van der Waals surface area contributed by atoms with Crippen molar-refractivity contribution in [3.63, 3.8) is 0 Å². The molecular formula is C21H31N3O2. The normalized spacial score (nSPS) is 20.2. The molecule has 26 heavy (non-hydrogen) atoms. The van der Waals surface area contributed by atoms with E-state index in [0.717, 1.165) is 42.3 Å². The Morgan fingerprint density at radius 2 is 2.15 bits per heavy atom. The summed E-state index contributed by atoms with van der Waals surface area (Å²) in [6.45, 7) is 2.89. The largest absolute Gasteiger partial charge is 0.493 e. The Morgan fingerprint density at radius 1 is 1.35 bits per heavy atom. The SMILES string of the molecule is CCCCC1CCC(C(=O)NCCc2cn3cccc(OC)c3n2)CC1. The van der Waals surface area contributed by atoms with Gasteiger partial charge in [0, 0.05) is 31.3 Å². The third-order valence-electron chi connectivity index (χ3n) is 5.58. The molecule has 2 heterocycles. The number of carbonyl (C=O) groups is 1. The maximum absolute atomic E-state index is 12.4. The third kappa shape index (κ3) is 4.57. The average molecular weight is 357 g/mol. The van der Waals surface area contributed by atoms with Crippen molar-refractivity contribution >= 4 is 11.6 Å². The molecule has 1 N–H and O–H groups in total. The monoisotopic (exact) mass is 357 g/mol. The molecule has 1 aliphatic rings. The number of ether oxygens (including phenoxy) is 1. The van der Waals surface area contributed by atoms with E-state index in [2.05, 4.69) is 17.2 Å². The molecule has 2 aromatic heterocycles. The molecule has 0 saturated heterocycles. The molecule has 1 fully saturated rings. The number of hydrogen-bond donors (Lipinski definition) is 1. The van der Waals surface area contributed by atoms with Crippen LogP contribution >= 0.6 is 0 Å². The molecular weight excluding hydrogens is 326 g/mol. The van der Waals surface area contributed by atoms with Gasteiger partial charge in [-0.05, 0) is 43.7 Å². The Labute approximate surface area is 156 Å². The maximum atomic E-state index is 12.4. The average Bonchev–Trinajstić information content (AvgIpc) is 3.09. The number of imidazole rings is 1. The number of pyridine rings is 1. The number of aromatic nitrogens is 2. The van der Waals surface area contributed by atoms with E-state index in [-0.39, 0.29) is 11.8 Å². The highest BCUT2D eigenvalue weighted by Crippen LogP contribution is 2.31. The molecule has 0 aromatic carbocycles. The number of unbranched alkanes of at least 4 members (excludes halogenated alkanes) is 1. The minimum atomic E-state index is 0.203. The molecule has 0 radical (unpaired) electrons. The molecule has 142 valence electrons. The van der Waals surface area contributed by atoms with Crippen LogP contribution in [0.25, 0.3) is 5.65 Å². The summed E-state index contributed by atoms with van der Waals surface area (Å²) in [6, 6.07) is 3.85. The van der Waals surface area contributed by atoms with Crippen molar-refractivity contribution in [2.24, 2.45) is 11.8 Å². The van der Waals surface area contributed by atoms with Crippen LogP contribution in [0.4, 0.5) is 0 Å². The standard InChI is InChI=1S/C21H31N3O2/c1-3-4-6-16-8-10-17(11-9-16)21(25)22-13-12-18-15-24-14-5-7-19(26-2)20(24)23-18/h5,7,14-17H,3-4,6,8-13H2,1-2H3,(H,22,25). The van der Waals surface area contributed by atoms with E-state index in [1.54, 1.807) is 7.11 Å². The van der Waals surface area contributed by atoms with Gasteiger partial charge in [-0.25, -0.2) is 4.98 Å². The predicted octanol–water partition coefficient (Wildman–Crippen LogP) is 4.00. The van der Waals surface area contributed by atoms with Gasteiger partial charge in [-0.2, -0.15) is 0 Å². The Bertz CT molecular complexity index is 717. The first-order chi connectivity index (χ1) is 12.7. The Kier molecular flexibility index (Phi) is 6.53. The lowest BCUT2D eigenvalue weighted by Gasteiger charge is -2.27. The lowest BCUT2D eigenvalue weighted by molar-refractivity contribution is -0.126. The van der Waals surface area contributed by atoms with Gasteiger partial charge in [-0.3, -0.25) is 4.79 Å². The smallest absolute Gasteiger partial charge is 0.223 e. The van der Waals surface area contributed by atoms with Gasteiger partial charge in [-0.1, -0.05) is 26.2 Å². The first kappa shape index (κ1) is 18.7. The Morgan fingerprint density at radius 3 is 2.88 bits per heavy atom. The number of amides is 1. The number of nitrogens with one attached hydrogen (secondary N) is 1. The van der Waals surface area contributed by atoms with Crippen LogP contribution in [-0.4, -0.2) is 28.9 Å². The lowest BCUT2D eigenvalue weighted by atomic mass is 9.79. The minimum absolute atomic E-state index is 0.203. The topological polar surface area (TPSA) is 55.6 Å². The van der Waals surface area contributed by atoms with E-state index in [4.69, 9.17) is 4.74 Å². The van der Waals surface area contributed by atoms with Crippen LogP contribution in [-0.2, 0) is 11.2 Å². The number of rotatable bonds is 8. The third-order valence-corrected chi connectivity index (χ3v) is 5.58. The van der Waals surface area contributed by atoms with Crippen molar-refractivity contribution in [1.29, 1.82) is 0 Å². The van der Waals surface area contributed by atoms with Crippen molar-refractivity contribution in [2.45, 2.75) is 58.3 Å². The number of methoxy groups -OCH3 is 1. The molecule has 0 unspecified atom stereocenters. The second kappa shape index (κ2) is 9.06. The zero-order valence-corrected chi connectivity index (χ0v) is 16.0. The fraction of sp³-hybridized carbons (Fsp3) is 0.619. The summed E-state index contributed by atoms with van der Waals surface area (Å²) < 4.78 is 7.31.